The minimum atomic E-state index is -0.367. The minimum absolute atomic E-state index is 0.367. The molecule has 1 aliphatic carbocycles. The van der Waals surface area contributed by atoms with Gasteiger partial charge in [0.2, 0.25) is 0 Å². The van der Waals surface area contributed by atoms with Crippen molar-refractivity contribution in [1.29, 1.82) is 0 Å². The normalized spacial score (nSPS) is 13.9. The van der Waals surface area contributed by atoms with Crippen molar-refractivity contribution >= 4 is 17.1 Å². The molecule has 2 aliphatic rings. The summed E-state index contributed by atoms with van der Waals surface area (Å²) < 4.78 is 0. The van der Waals surface area contributed by atoms with Crippen molar-refractivity contribution in [3.8, 4) is 22.3 Å². The van der Waals surface area contributed by atoms with Crippen LogP contribution in [0.3, 0.4) is 0 Å². The monoisotopic (exact) mass is 483 g/mol. The van der Waals surface area contributed by atoms with Crippen molar-refractivity contribution in [2.75, 3.05) is 4.90 Å². The van der Waals surface area contributed by atoms with Crippen LogP contribution in [0.15, 0.2) is 152 Å². The zero-order valence-corrected chi connectivity index (χ0v) is 20.9. The van der Waals surface area contributed by atoms with Gasteiger partial charge >= 0.3 is 0 Å². The first kappa shape index (κ1) is 21.2. The highest BCUT2D eigenvalue weighted by atomic mass is 15.2. The Balaban J connectivity index is 1.45. The van der Waals surface area contributed by atoms with Crippen LogP contribution >= 0.6 is 0 Å². The molecule has 38 heavy (non-hydrogen) atoms. The Hall–Kier alpha value is -4.88. The van der Waals surface area contributed by atoms with Crippen LogP contribution in [0.25, 0.3) is 22.3 Å². The van der Waals surface area contributed by atoms with E-state index in [0.29, 0.717) is 0 Å². The molecule has 8 rings (SSSR count). The number of benzene rings is 6. The highest BCUT2D eigenvalue weighted by Gasteiger charge is 2.51. The van der Waals surface area contributed by atoms with E-state index in [1.54, 1.807) is 0 Å². The maximum absolute atomic E-state index is 2.45. The van der Waals surface area contributed by atoms with E-state index < -0.39 is 0 Å². The first-order valence-corrected chi connectivity index (χ1v) is 13.2. The van der Waals surface area contributed by atoms with E-state index >= 15 is 0 Å². The first-order valence-electron chi connectivity index (χ1n) is 13.2. The second-order valence-electron chi connectivity index (χ2n) is 10.1. The van der Waals surface area contributed by atoms with Crippen LogP contribution in [0, 0.1) is 0 Å². The smallest absolute Gasteiger partial charge is 0.0754 e. The molecule has 0 aromatic heterocycles. The molecule has 0 amide bonds. The quantitative estimate of drug-likeness (QED) is 0.237. The molecular formula is C37H25N. The fourth-order valence-corrected chi connectivity index (χ4v) is 6.80. The molecule has 1 heterocycles. The molecule has 6 aromatic carbocycles. The zero-order chi connectivity index (χ0) is 25.1. The molecule has 1 nitrogen and oxygen atoms in total. The molecule has 0 unspecified atom stereocenters. The molecule has 0 N–H and O–H groups in total. The van der Waals surface area contributed by atoms with E-state index in [-0.39, 0.29) is 5.41 Å². The van der Waals surface area contributed by atoms with Crippen molar-refractivity contribution in [1.82, 2.24) is 0 Å². The van der Waals surface area contributed by atoms with Crippen LogP contribution in [0.4, 0.5) is 17.1 Å². The predicted octanol–water partition coefficient (Wildman–Crippen LogP) is 9.50. The van der Waals surface area contributed by atoms with Crippen LogP contribution in [-0.2, 0) is 5.41 Å². The summed E-state index contributed by atoms with van der Waals surface area (Å²) in [6, 6.07) is 55.4. The highest BCUT2D eigenvalue weighted by Crippen LogP contribution is 2.63. The summed E-state index contributed by atoms with van der Waals surface area (Å²) in [5.41, 5.74) is 13.7. The third-order valence-electron chi connectivity index (χ3n) is 8.26. The molecule has 0 atom stereocenters. The van der Waals surface area contributed by atoms with Gasteiger partial charge in [-0.1, -0.05) is 127 Å². The summed E-state index contributed by atoms with van der Waals surface area (Å²) >= 11 is 0. The molecule has 1 aliphatic heterocycles. The number of anilines is 3. The fourth-order valence-electron chi connectivity index (χ4n) is 6.80. The third-order valence-corrected chi connectivity index (χ3v) is 8.26. The molecule has 178 valence electrons. The van der Waals surface area contributed by atoms with Gasteiger partial charge in [-0.15, -0.1) is 0 Å². The Morgan fingerprint density at radius 1 is 0.368 bits per heavy atom. The maximum Gasteiger partial charge on any atom is 0.0754 e. The van der Waals surface area contributed by atoms with Crippen molar-refractivity contribution in [2.45, 2.75) is 5.41 Å². The van der Waals surface area contributed by atoms with Crippen LogP contribution in [0.2, 0.25) is 0 Å². The lowest BCUT2D eigenvalue weighted by Gasteiger charge is -2.45. The summed E-state index contributed by atoms with van der Waals surface area (Å²) in [7, 11) is 0. The van der Waals surface area contributed by atoms with Gasteiger partial charge in [0.1, 0.15) is 0 Å². The number of fused-ring (bicyclic) bond motifs is 9. The van der Waals surface area contributed by atoms with Crippen molar-refractivity contribution < 1.29 is 0 Å². The Morgan fingerprint density at radius 3 is 1.45 bits per heavy atom. The summed E-state index contributed by atoms with van der Waals surface area (Å²) in [5, 5.41) is 0. The highest BCUT2D eigenvalue weighted by molar-refractivity contribution is 5.96. The molecule has 6 aromatic rings. The Morgan fingerprint density at radius 2 is 0.842 bits per heavy atom. The standard InChI is InChI=1S/C37H25N/c1-2-13-26(14-3-1)27-15-12-16-28(25-27)38-35-23-10-8-21-33(35)37(34-22-9-11-24-36(34)38)31-19-6-4-17-29(31)30-18-5-7-20-32(30)37/h1-25H. The van der Waals surface area contributed by atoms with Crippen LogP contribution in [-0.4, -0.2) is 0 Å². The van der Waals surface area contributed by atoms with Gasteiger partial charge in [-0.05, 0) is 68.8 Å². The summed E-state index contributed by atoms with van der Waals surface area (Å²) in [6.45, 7) is 0. The van der Waals surface area contributed by atoms with Crippen LogP contribution < -0.4 is 4.90 Å². The van der Waals surface area contributed by atoms with Gasteiger partial charge in [-0.3, -0.25) is 0 Å². The van der Waals surface area contributed by atoms with Crippen molar-refractivity contribution in [3.63, 3.8) is 0 Å². The molecule has 1 heteroatoms. The van der Waals surface area contributed by atoms with Gasteiger partial charge < -0.3 is 4.90 Å². The molecule has 0 radical (unpaired) electrons. The molecule has 1 spiro atoms. The third kappa shape index (κ3) is 2.76. The lowest BCUT2D eigenvalue weighted by atomic mass is 9.64. The van der Waals surface area contributed by atoms with E-state index in [9.17, 15) is 0 Å². The van der Waals surface area contributed by atoms with E-state index in [1.807, 2.05) is 0 Å². The second kappa shape index (κ2) is 8.06. The maximum atomic E-state index is 2.45. The lowest BCUT2D eigenvalue weighted by Crippen LogP contribution is -2.36. The van der Waals surface area contributed by atoms with Gasteiger partial charge in [-0.2, -0.15) is 0 Å². The number of rotatable bonds is 2. The molecule has 0 fully saturated rings. The Labute approximate surface area is 223 Å². The Kier molecular flexibility index (Phi) is 4.50. The van der Waals surface area contributed by atoms with Crippen LogP contribution in [0.1, 0.15) is 22.3 Å². The summed E-state index contributed by atoms with van der Waals surface area (Å²) in [4.78, 5) is 2.45. The van der Waals surface area contributed by atoms with Gasteiger partial charge in [0.25, 0.3) is 0 Å². The van der Waals surface area contributed by atoms with E-state index in [2.05, 4.69) is 157 Å². The summed E-state index contributed by atoms with van der Waals surface area (Å²) in [6.07, 6.45) is 0. The minimum Gasteiger partial charge on any atom is -0.310 e. The van der Waals surface area contributed by atoms with Gasteiger partial charge in [-0.25, -0.2) is 0 Å². The fraction of sp³-hybridized carbons (Fsp3) is 0.0270. The average Bonchev–Trinajstić information content (AvgIpc) is 3.29. The second-order valence-corrected chi connectivity index (χ2v) is 10.1. The van der Waals surface area contributed by atoms with E-state index in [0.717, 1.165) is 0 Å². The zero-order valence-electron chi connectivity index (χ0n) is 20.9. The number of hydrogen-bond donors (Lipinski definition) is 0. The lowest BCUT2D eigenvalue weighted by molar-refractivity contribution is 0.752. The molecule has 0 bridgehead atoms. The number of hydrogen-bond acceptors (Lipinski definition) is 1. The van der Waals surface area contributed by atoms with E-state index in [1.165, 1.54) is 61.6 Å². The first-order chi connectivity index (χ1) is 18.9. The predicted molar refractivity (Wildman–Crippen MR) is 157 cm³/mol. The molecule has 0 saturated heterocycles. The van der Waals surface area contributed by atoms with Gasteiger partial charge in [0.15, 0.2) is 0 Å². The van der Waals surface area contributed by atoms with E-state index in [4.69, 9.17) is 0 Å². The SMILES string of the molecule is c1ccc(-c2cccc(N3c4ccccc4C4(c5ccccc5-c5ccccc54)c4ccccc43)c2)cc1. The average molecular weight is 484 g/mol. The number of nitrogens with zero attached hydrogens (tertiary/aromatic N) is 1. The van der Waals surface area contributed by atoms with Crippen LogP contribution in [0.5, 0.6) is 0 Å². The topological polar surface area (TPSA) is 3.24 Å². The van der Waals surface area contributed by atoms with Crippen molar-refractivity contribution in [2.24, 2.45) is 0 Å². The molecule has 0 saturated carbocycles. The molecular weight excluding hydrogens is 458 g/mol. The van der Waals surface area contributed by atoms with Gasteiger partial charge in [0, 0.05) is 5.69 Å². The number of para-hydroxylation sites is 2. The largest absolute Gasteiger partial charge is 0.310 e. The Bertz CT molecular complexity index is 1740. The van der Waals surface area contributed by atoms with Gasteiger partial charge in [0.05, 0.1) is 16.8 Å². The summed E-state index contributed by atoms with van der Waals surface area (Å²) in [5.74, 6) is 0. The van der Waals surface area contributed by atoms with Crippen molar-refractivity contribution in [3.05, 3.63) is 174 Å².